The first-order chi connectivity index (χ1) is 9.61. The lowest BCUT2D eigenvalue weighted by Gasteiger charge is -2.07. The second-order valence-electron chi connectivity index (χ2n) is 3.99. The van der Waals surface area contributed by atoms with Crippen LogP contribution in [-0.2, 0) is 14.3 Å². The molecule has 1 N–H and O–H groups in total. The van der Waals surface area contributed by atoms with Crippen molar-refractivity contribution in [3.63, 3.8) is 0 Å². The van der Waals surface area contributed by atoms with Crippen LogP contribution < -0.4 is 10.1 Å². The smallest absolute Gasteiger partial charge is 0.325 e. The molecule has 0 saturated heterocycles. The molecule has 0 fully saturated rings. The molecule has 1 aromatic rings. The van der Waals surface area contributed by atoms with E-state index in [0.717, 1.165) is 0 Å². The topological polar surface area (TPSA) is 64.6 Å². The molecule has 1 rings (SSSR count). The van der Waals surface area contributed by atoms with Crippen LogP contribution in [0.2, 0.25) is 0 Å². The van der Waals surface area contributed by atoms with Gasteiger partial charge in [0.05, 0.1) is 13.2 Å². The standard InChI is InChI=1S/C14H18FNO4/c1-2-19-14(18)10-16-13(17)4-3-9-20-12-7-5-11(15)6-8-12/h5-8H,2-4,9-10H2,1H3,(H,16,17). The highest BCUT2D eigenvalue weighted by molar-refractivity contribution is 5.81. The number of hydrogen-bond donors (Lipinski definition) is 1. The molecule has 0 heterocycles. The molecule has 0 bridgehead atoms. The summed E-state index contributed by atoms with van der Waals surface area (Å²) in [5.74, 6) is -0.460. The number of rotatable bonds is 8. The summed E-state index contributed by atoms with van der Waals surface area (Å²) in [6, 6.07) is 5.66. The molecule has 0 atom stereocenters. The summed E-state index contributed by atoms with van der Waals surface area (Å²) in [4.78, 5) is 22.4. The lowest BCUT2D eigenvalue weighted by atomic mass is 10.3. The molecule has 0 aromatic heterocycles. The number of hydrogen-bond acceptors (Lipinski definition) is 4. The maximum Gasteiger partial charge on any atom is 0.325 e. The summed E-state index contributed by atoms with van der Waals surface area (Å²) in [5, 5.41) is 2.45. The summed E-state index contributed by atoms with van der Waals surface area (Å²) in [7, 11) is 0. The predicted octanol–water partition coefficient (Wildman–Crippen LogP) is 1.66. The van der Waals surface area contributed by atoms with Gasteiger partial charge < -0.3 is 14.8 Å². The van der Waals surface area contributed by atoms with E-state index >= 15 is 0 Å². The third-order valence-corrected chi connectivity index (χ3v) is 2.37. The summed E-state index contributed by atoms with van der Waals surface area (Å²) in [6.45, 7) is 2.22. The van der Waals surface area contributed by atoms with Crippen molar-refractivity contribution in [1.82, 2.24) is 5.32 Å². The van der Waals surface area contributed by atoms with Gasteiger partial charge >= 0.3 is 5.97 Å². The Labute approximate surface area is 117 Å². The van der Waals surface area contributed by atoms with Gasteiger partial charge in [-0.05, 0) is 37.6 Å². The molecule has 0 unspecified atom stereocenters. The summed E-state index contributed by atoms with van der Waals surface area (Å²) in [5.41, 5.74) is 0. The SMILES string of the molecule is CCOC(=O)CNC(=O)CCCOc1ccc(F)cc1. The molecule has 1 amide bonds. The Hall–Kier alpha value is -2.11. The van der Waals surface area contributed by atoms with Gasteiger partial charge in [0.15, 0.2) is 0 Å². The highest BCUT2D eigenvalue weighted by Gasteiger charge is 2.05. The van der Waals surface area contributed by atoms with Gasteiger partial charge in [0.2, 0.25) is 5.91 Å². The Morgan fingerprint density at radius 2 is 1.95 bits per heavy atom. The van der Waals surface area contributed by atoms with Crippen LogP contribution in [0.4, 0.5) is 4.39 Å². The molecular weight excluding hydrogens is 265 g/mol. The van der Waals surface area contributed by atoms with Crippen molar-refractivity contribution in [2.45, 2.75) is 19.8 Å². The second-order valence-corrected chi connectivity index (χ2v) is 3.99. The van der Waals surface area contributed by atoms with E-state index in [1.165, 1.54) is 24.3 Å². The van der Waals surface area contributed by atoms with Gasteiger partial charge in [-0.3, -0.25) is 9.59 Å². The van der Waals surface area contributed by atoms with E-state index in [2.05, 4.69) is 10.1 Å². The number of benzene rings is 1. The second kappa shape index (κ2) is 8.90. The fourth-order valence-electron chi connectivity index (χ4n) is 1.42. The van der Waals surface area contributed by atoms with Gasteiger partial charge in [-0.1, -0.05) is 0 Å². The number of halogens is 1. The van der Waals surface area contributed by atoms with E-state index in [1.807, 2.05) is 0 Å². The van der Waals surface area contributed by atoms with Crippen molar-refractivity contribution in [2.24, 2.45) is 0 Å². The Bertz CT molecular complexity index is 433. The molecule has 0 aliphatic rings. The monoisotopic (exact) mass is 283 g/mol. The van der Waals surface area contributed by atoms with Crippen molar-refractivity contribution in [2.75, 3.05) is 19.8 Å². The van der Waals surface area contributed by atoms with Crippen molar-refractivity contribution in [1.29, 1.82) is 0 Å². The Kier molecular flexibility index (Phi) is 7.10. The van der Waals surface area contributed by atoms with Crippen LogP contribution in [0.1, 0.15) is 19.8 Å². The lowest BCUT2D eigenvalue weighted by molar-refractivity contribution is -0.143. The Balaban J connectivity index is 2.10. The van der Waals surface area contributed by atoms with Crippen molar-refractivity contribution in [3.8, 4) is 5.75 Å². The summed E-state index contributed by atoms with van der Waals surface area (Å²) < 4.78 is 22.7. The number of esters is 1. The first-order valence-corrected chi connectivity index (χ1v) is 6.42. The normalized spacial score (nSPS) is 9.90. The third-order valence-electron chi connectivity index (χ3n) is 2.37. The van der Waals surface area contributed by atoms with E-state index in [9.17, 15) is 14.0 Å². The maximum atomic E-state index is 12.6. The van der Waals surface area contributed by atoms with Gasteiger partial charge in [-0.15, -0.1) is 0 Å². The largest absolute Gasteiger partial charge is 0.494 e. The molecule has 0 saturated carbocycles. The van der Waals surface area contributed by atoms with Crippen LogP contribution in [0.15, 0.2) is 24.3 Å². The van der Waals surface area contributed by atoms with Crippen LogP contribution >= 0.6 is 0 Å². The van der Waals surface area contributed by atoms with Gasteiger partial charge in [-0.2, -0.15) is 0 Å². The molecule has 0 aliphatic heterocycles. The Morgan fingerprint density at radius 3 is 2.60 bits per heavy atom. The fourth-order valence-corrected chi connectivity index (χ4v) is 1.42. The summed E-state index contributed by atoms with van der Waals surface area (Å²) >= 11 is 0. The van der Waals surface area contributed by atoms with E-state index in [4.69, 9.17) is 4.74 Å². The van der Waals surface area contributed by atoms with Crippen molar-refractivity contribution < 1.29 is 23.5 Å². The van der Waals surface area contributed by atoms with Crippen LogP contribution in [0.5, 0.6) is 5.75 Å². The fraction of sp³-hybridized carbons (Fsp3) is 0.429. The van der Waals surface area contributed by atoms with Gasteiger partial charge in [0.25, 0.3) is 0 Å². The molecule has 0 spiro atoms. The molecule has 20 heavy (non-hydrogen) atoms. The van der Waals surface area contributed by atoms with Crippen LogP contribution in [0.3, 0.4) is 0 Å². The van der Waals surface area contributed by atoms with E-state index in [-0.39, 0.29) is 24.7 Å². The number of carbonyl (C=O) groups excluding carboxylic acids is 2. The molecular formula is C14H18FNO4. The average molecular weight is 283 g/mol. The highest BCUT2D eigenvalue weighted by Crippen LogP contribution is 2.11. The van der Waals surface area contributed by atoms with Gasteiger partial charge in [0.1, 0.15) is 18.1 Å². The Morgan fingerprint density at radius 1 is 1.25 bits per heavy atom. The number of ether oxygens (including phenoxy) is 2. The van der Waals surface area contributed by atoms with Crippen LogP contribution in [-0.4, -0.2) is 31.6 Å². The van der Waals surface area contributed by atoms with Gasteiger partial charge in [-0.25, -0.2) is 4.39 Å². The molecule has 6 heteroatoms. The highest BCUT2D eigenvalue weighted by atomic mass is 19.1. The molecule has 5 nitrogen and oxygen atoms in total. The quantitative estimate of drug-likeness (QED) is 0.582. The number of nitrogens with one attached hydrogen (secondary N) is 1. The van der Waals surface area contributed by atoms with E-state index in [1.54, 1.807) is 6.92 Å². The predicted molar refractivity (Wildman–Crippen MR) is 70.8 cm³/mol. The van der Waals surface area contributed by atoms with E-state index < -0.39 is 5.97 Å². The van der Waals surface area contributed by atoms with Crippen molar-refractivity contribution >= 4 is 11.9 Å². The minimum Gasteiger partial charge on any atom is -0.494 e. The van der Waals surface area contributed by atoms with Crippen LogP contribution in [0, 0.1) is 5.82 Å². The first kappa shape index (κ1) is 15.9. The summed E-state index contributed by atoms with van der Waals surface area (Å²) in [6.07, 6.45) is 0.757. The average Bonchev–Trinajstić information content (AvgIpc) is 2.43. The van der Waals surface area contributed by atoms with Crippen molar-refractivity contribution in [3.05, 3.63) is 30.1 Å². The zero-order valence-electron chi connectivity index (χ0n) is 11.4. The van der Waals surface area contributed by atoms with Crippen LogP contribution in [0.25, 0.3) is 0 Å². The zero-order chi connectivity index (χ0) is 14.8. The molecule has 1 aromatic carbocycles. The molecule has 0 radical (unpaired) electrons. The minimum atomic E-state index is -0.455. The van der Waals surface area contributed by atoms with Gasteiger partial charge in [0, 0.05) is 6.42 Å². The molecule has 0 aliphatic carbocycles. The third kappa shape index (κ3) is 6.72. The lowest BCUT2D eigenvalue weighted by Crippen LogP contribution is -2.30. The van der Waals surface area contributed by atoms with E-state index in [0.29, 0.717) is 25.4 Å². The first-order valence-electron chi connectivity index (χ1n) is 6.42. The number of carbonyl (C=O) groups is 2. The maximum absolute atomic E-state index is 12.6. The number of amides is 1. The zero-order valence-corrected chi connectivity index (χ0v) is 11.4. The molecule has 110 valence electrons. The minimum absolute atomic E-state index is 0.120.